The van der Waals surface area contributed by atoms with Crippen LogP contribution in [0.1, 0.15) is 13.8 Å². The molecule has 0 radical (unpaired) electrons. The van der Waals surface area contributed by atoms with E-state index in [1.54, 1.807) is 7.05 Å². The molecule has 0 heterocycles. The zero-order chi connectivity index (χ0) is 14.8. The van der Waals surface area contributed by atoms with Crippen LogP contribution in [-0.4, -0.2) is 13.7 Å². The average Bonchev–Trinajstić information content (AvgIpc) is 2.51. The van der Waals surface area contributed by atoms with E-state index < -0.39 is 7.51 Å². The molecule has 2 aromatic carbocycles. The van der Waals surface area contributed by atoms with Crippen LogP contribution in [0.5, 0.6) is 11.5 Å². The van der Waals surface area contributed by atoms with Crippen LogP contribution >= 0.6 is 7.51 Å². The van der Waals surface area contributed by atoms with Gasteiger partial charge in [0.25, 0.3) is 0 Å². The fourth-order valence-electron chi connectivity index (χ4n) is 1.45. The van der Waals surface area contributed by atoms with Crippen molar-refractivity contribution in [2.45, 2.75) is 13.8 Å². The molecule has 0 spiro atoms. The molecule has 0 saturated carbocycles. The van der Waals surface area contributed by atoms with E-state index in [0.29, 0.717) is 0 Å². The monoisotopic (exact) mass is 291 g/mol. The first-order chi connectivity index (χ1) is 9.72. The minimum atomic E-state index is -2.27. The molecule has 0 unspecified atom stereocenters. The minimum Gasteiger partial charge on any atom is -0.430 e. The van der Waals surface area contributed by atoms with Crippen LogP contribution in [0.15, 0.2) is 65.4 Å². The lowest BCUT2D eigenvalue weighted by Gasteiger charge is -2.21. The predicted molar refractivity (Wildman–Crippen MR) is 86.7 cm³/mol. The van der Waals surface area contributed by atoms with Gasteiger partial charge in [-0.25, -0.2) is 4.74 Å². The van der Waals surface area contributed by atoms with Gasteiger partial charge in [-0.3, -0.25) is 0 Å². The third-order valence-electron chi connectivity index (χ3n) is 2.40. The first-order valence-corrected chi connectivity index (χ1v) is 8.71. The molecular weight excluding hydrogens is 269 g/mol. The third kappa shape index (κ3) is 5.10. The molecule has 0 N–H and O–H groups in total. The molecule has 0 aliphatic carbocycles. The number of nitrogens with zero attached hydrogens (tertiary/aromatic N) is 1. The van der Waals surface area contributed by atoms with E-state index in [2.05, 4.69) is 4.74 Å². The van der Waals surface area contributed by atoms with E-state index in [-0.39, 0.29) is 0 Å². The van der Waals surface area contributed by atoms with Gasteiger partial charge < -0.3 is 9.05 Å². The van der Waals surface area contributed by atoms with E-state index in [1.165, 1.54) is 0 Å². The summed E-state index contributed by atoms with van der Waals surface area (Å²) < 4.78 is 16.0. The predicted octanol–water partition coefficient (Wildman–Crippen LogP) is 5.46. The van der Waals surface area contributed by atoms with Gasteiger partial charge >= 0.3 is 7.51 Å². The summed E-state index contributed by atoms with van der Waals surface area (Å²) in [6, 6.07) is 19.2. The van der Waals surface area contributed by atoms with Crippen molar-refractivity contribution in [1.29, 1.82) is 0 Å². The van der Waals surface area contributed by atoms with Crippen LogP contribution in [0.2, 0.25) is 0 Å². The van der Waals surface area contributed by atoms with E-state index in [0.717, 1.165) is 11.5 Å². The van der Waals surface area contributed by atoms with Gasteiger partial charge in [0, 0.05) is 13.7 Å². The van der Waals surface area contributed by atoms with Crippen molar-refractivity contribution in [3.05, 3.63) is 60.7 Å². The summed E-state index contributed by atoms with van der Waals surface area (Å²) in [5, 5.41) is 0. The Labute approximate surface area is 121 Å². The Morgan fingerprint density at radius 3 is 1.40 bits per heavy atom. The summed E-state index contributed by atoms with van der Waals surface area (Å²) in [5.74, 6) is 1.55. The zero-order valence-electron chi connectivity index (χ0n) is 12.5. The average molecular weight is 291 g/mol. The van der Waals surface area contributed by atoms with Crippen molar-refractivity contribution in [2.75, 3.05) is 13.7 Å². The van der Waals surface area contributed by atoms with E-state index in [1.807, 2.05) is 81.2 Å². The van der Waals surface area contributed by atoms with Crippen molar-refractivity contribution in [3.63, 3.8) is 0 Å². The lowest BCUT2D eigenvalue weighted by Crippen LogP contribution is -1.99. The van der Waals surface area contributed by atoms with Gasteiger partial charge in [-0.05, 0) is 24.3 Å². The fourth-order valence-corrected chi connectivity index (χ4v) is 2.68. The van der Waals surface area contributed by atoms with Gasteiger partial charge in [0.05, 0.1) is 0 Å². The maximum Gasteiger partial charge on any atom is 0.310 e. The molecule has 0 bridgehead atoms. The smallest absolute Gasteiger partial charge is 0.310 e. The summed E-state index contributed by atoms with van der Waals surface area (Å²) in [6.07, 6.45) is 0. The van der Waals surface area contributed by atoms with Crippen LogP contribution in [0.25, 0.3) is 0 Å². The molecule has 4 heteroatoms. The molecule has 20 heavy (non-hydrogen) atoms. The molecule has 0 saturated heterocycles. The summed E-state index contributed by atoms with van der Waals surface area (Å²) >= 11 is 0. The first-order valence-electron chi connectivity index (χ1n) is 6.69. The number of benzene rings is 2. The lowest BCUT2D eigenvalue weighted by atomic mass is 10.3. The summed E-state index contributed by atoms with van der Waals surface area (Å²) in [5.41, 5.74) is 0. The molecule has 2 rings (SSSR count). The maximum absolute atomic E-state index is 5.88. The van der Waals surface area contributed by atoms with Crippen molar-refractivity contribution < 1.29 is 9.05 Å². The second-order valence-corrected chi connectivity index (χ2v) is 6.18. The largest absolute Gasteiger partial charge is 0.430 e. The Morgan fingerprint density at radius 2 is 1.10 bits per heavy atom. The van der Waals surface area contributed by atoms with Gasteiger partial charge in [-0.1, -0.05) is 50.2 Å². The summed E-state index contributed by atoms with van der Waals surface area (Å²) in [7, 11) is -0.547. The van der Waals surface area contributed by atoms with Gasteiger partial charge in [0.15, 0.2) is 0 Å². The van der Waals surface area contributed by atoms with Crippen LogP contribution in [0.4, 0.5) is 0 Å². The van der Waals surface area contributed by atoms with Crippen molar-refractivity contribution in [2.24, 2.45) is 4.74 Å². The van der Waals surface area contributed by atoms with E-state index >= 15 is 0 Å². The SMILES string of the molecule is CC.CN=P(C)(Oc1ccccc1)Oc1ccccc1. The standard InChI is InChI=1S/C14H16NO2P.C2H6/c1-15-18(2,16-13-9-5-3-6-10-13)17-14-11-7-4-8-12-14;1-2/h3-12H,1-2H3;1-2H3. The fraction of sp³-hybridized carbons (Fsp3) is 0.250. The number of para-hydroxylation sites is 2. The Hall–Kier alpha value is -1.73. The molecule has 108 valence electrons. The number of hydrogen-bond donors (Lipinski definition) is 0. The molecule has 0 amide bonds. The molecular formula is C16H22NO2P. The van der Waals surface area contributed by atoms with Crippen LogP contribution < -0.4 is 9.05 Å². The maximum atomic E-state index is 5.88. The van der Waals surface area contributed by atoms with Crippen molar-refractivity contribution in [1.82, 2.24) is 0 Å². The van der Waals surface area contributed by atoms with Crippen LogP contribution in [0, 0.1) is 0 Å². The van der Waals surface area contributed by atoms with Gasteiger partial charge in [0.2, 0.25) is 0 Å². The highest BCUT2D eigenvalue weighted by Gasteiger charge is 2.16. The van der Waals surface area contributed by atoms with Gasteiger partial charge in [-0.2, -0.15) is 0 Å². The Morgan fingerprint density at radius 1 is 0.750 bits per heavy atom. The van der Waals surface area contributed by atoms with Gasteiger partial charge in [-0.15, -0.1) is 0 Å². The zero-order valence-corrected chi connectivity index (χ0v) is 13.4. The second kappa shape index (κ2) is 8.44. The van der Waals surface area contributed by atoms with Crippen LogP contribution in [0.3, 0.4) is 0 Å². The summed E-state index contributed by atoms with van der Waals surface area (Å²) in [4.78, 5) is 0. The Bertz CT molecular complexity index is 495. The Kier molecular flexibility index (Phi) is 6.89. The molecule has 3 nitrogen and oxygen atoms in total. The third-order valence-corrected chi connectivity index (χ3v) is 4.23. The Balaban J connectivity index is 0.000000956. The highest BCUT2D eigenvalue weighted by molar-refractivity contribution is 7.56. The number of rotatable bonds is 4. The topological polar surface area (TPSA) is 30.8 Å². The summed E-state index contributed by atoms with van der Waals surface area (Å²) in [6.45, 7) is 5.90. The quantitative estimate of drug-likeness (QED) is 0.700. The van der Waals surface area contributed by atoms with Gasteiger partial charge in [0.1, 0.15) is 11.5 Å². The molecule has 0 aliphatic heterocycles. The van der Waals surface area contributed by atoms with E-state index in [9.17, 15) is 0 Å². The molecule has 0 aliphatic rings. The highest BCUT2D eigenvalue weighted by Crippen LogP contribution is 2.47. The van der Waals surface area contributed by atoms with Crippen LogP contribution in [-0.2, 0) is 0 Å². The highest BCUT2D eigenvalue weighted by atomic mass is 31.2. The second-order valence-electron chi connectivity index (χ2n) is 3.81. The number of hydrogen-bond acceptors (Lipinski definition) is 3. The van der Waals surface area contributed by atoms with Crippen molar-refractivity contribution >= 4 is 7.51 Å². The van der Waals surface area contributed by atoms with E-state index in [4.69, 9.17) is 9.05 Å². The molecule has 2 aromatic rings. The lowest BCUT2D eigenvalue weighted by molar-refractivity contribution is 0.481. The molecule has 0 atom stereocenters. The van der Waals surface area contributed by atoms with Crippen molar-refractivity contribution in [3.8, 4) is 11.5 Å². The first kappa shape index (κ1) is 16.3. The molecule has 0 aromatic heterocycles. The minimum absolute atomic E-state index is 0.773. The normalized spacial score (nSPS) is 10.0. The molecule has 0 fully saturated rings.